The van der Waals surface area contributed by atoms with E-state index in [0.717, 1.165) is 70.8 Å². The fourth-order valence-corrected chi connectivity index (χ4v) is 5.55. The normalized spacial score (nSPS) is 12.7. The number of unbranched alkanes of at least 4 members (excludes halogenated alkanes) is 3. The topological polar surface area (TPSA) is 47.6 Å². The molecule has 0 amide bonds. The highest BCUT2D eigenvalue weighted by Gasteiger charge is 2.49. The van der Waals surface area contributed by atoms with Crippen molar-refractivity contribution < 1.29 is 13.6 Å². The Bertz CT molecular complexity index is 317. The molecule has 0 spiro atoms. The van der Waals surface area contributed by atoms with Gasteiger partial charge in [0.05, 0.1) is 13.2 Å². The van der Waals surface area contributed by atoms with Gasteiger partial charge in [0.25, 0.3) is 0 Å². The van der Waals surface area contributed by atoms with Gasteiger partial charge < -0.3 is 14.4 Å². The minimum atomic E-state index is -3.20. The van der Waals surface area contributed by atoms with Crippen molar-refractivity contribution in [1.82, 2.24) is 5.32 Å². The molecule has 0 aliphatic carbocycles. The Morgan fingerprint density at radius 2 is 1.21 bits per heavy atom. The first kappa shape index (κ1) is 24.1. The molecule has 0 aliphatic rings. The van der Waals surface area contributed by atoms with E-state index in [1.165, 1.54) is 0 Å². The highest BCUT2D eigenvalue weighted by Crippen LogP contribution is 2.62. The van der Waals surface area contributed by atoms with Gasteiger partial charge in [0.1, 0.15) is 5.28 Å². The molecule has 0 rings (SSSR count). The van der Waals surface area contributed by atoms with Crippen LogP contribution in [-0.2, 0) is 13.6 Å². The second kappa shape index (κ2) is 14.3. The van der Waals surface area contributed by atoms with Gasteiger partial charge in [0.15, 0.2) is 0 Å². The van der Waals surface area contributed by atoms with Crippen molar-refractivity contribution in [2.45, 2.75) is 104 Å². The summed E-state index contributed by atoms with van der Waals surface area (Å²) < 4.78 is 25.8. The molecule has 0 bridgehead atoms. The van der Waals surface area contributed by atoms with Gasteiger partial charge in [-0.15, -0.1) is 0 Å². The van der Waals surface area contributed by atoms with Crippen molar-refractivity contribution in [3.8, 4) is 0 Å². The molecule has 0 saturated heterocycles. The van der Waals surface area contributed by atoms with Crippen molar-refractivity contribution in [3.05, 3.63) is 0 Å². The lowest BCUT2D eigenvalue weighted by atomic mass is 10.1. The molecule has 0 atom stereocenters. The minimum absolute atomic E-state index is 0.518. The molecule has 1 N–H and O–H groups in total. The van der Waals surface area contributed by atoms with Crippen molar-refractivity contribution in [3.63, 3.8) is 0 Å². The summed E-state index contributed by atoms with van der Waals surface area (Å²) in [7, 11) is -3.20. The number of hydrogen-bond donors (Lipinski definition) is 1. The van der Waals surface area contributed by atoms with Gasteiger partial charge in [0, 0.05) is 0 Å². The first-order valence-corrected chi connectivity index (χ1v) is 11.7. The predicted molar refractivity (Wildman–Crippen MR) is 105 cm³/mol. The Hall–Kier alpha value is 0.110. The van der Waals surface area contributed by atoms with Crippen LogP contribution in [0.4, 0.5) is 0 Å². The van der Waals surface area contributed by atoms with E-state index in [9.17, 15) is 4.57 Å². The Morgan fingerprint density at radius 3 is 1.58 bits per heavy atom. The van der Waals surface area contributed by atoms with Crippen LogP contribution < -0.4 is 5.32 Å². The highest BCUT2D eigenvalue weighted by molar-refractivity contribution is 7.55. The van der Waals surface area contributed by atoms with Crippen molar-refractivity contribution in [2.24, 2.45) is 0 Å². The zero-order valence-corrected chi connectivity index (χ0v) is 17.8. The summed E-state index contributed by atoms with van der Waals surface area (Å²) in [6.45, 7) is 12.6. The molecular formula is C19H42NO3P. The third kappa shape index (κ3) is 7.99. The first-order chi connectivity index (χ1) is 11.6. The van der Waals surface area contributed by atoms with Gasteiger partial charge in [-0.25, -0.2) is 0 Å². The zero-order chi connectivity index (χ0) is 18.3. The largest absolute Gasteiger partial charge is 0.350 e. The quantitative estimate of drug-likeness (QED) is 0.237. The van der Waals surface area contributed by atoms with E-state index in [-0.39, 0.29) is 0 Å². The van der Waals surface area contributed by atoms with Crippen LogP contribution >= 0.6 is 7.60 Å². The lowest BCUT2D eigenvalue weighted by molar-refractivity contribution is 0.161. The van der Waals surface area contributed by atoms with Crippen molar-refractivity contribution in [2.75, 3.05) is 19.8 Å². The second-order valence-corrected chi connectivity index (χ2v) is 9.05. The van der Waals surface area contributed by atoms with E-state index in [1.54, 1.807) is 0 Å². The van der Waals surface area contributed by atoms with Gasteiger partial charge >= 0.3 is 7.60 Å². The number of rotatable bonds is 17. The van der Waals surface area contributed by atoms with Crippen LogP contribution in [0, 0.1) is 0 Å². The molecule has 0 unspecified atom stereocenters. The predicted octanol–water partition coefficient (Wildman–Crippen LogP) is 6.50. The van der Waals surface area contributed by atoms with E-state index < -0.39 is 12.9 Å². The minimum Gasteiger partial charge on any atom is -0.307 e. The molecule has 24 heavy (non-hydrogen) atoms. The van der Waals surface area contributed by atoms with Crippen LogP contribution in [0.1, 0.15) is 98.8 Å². The molecule has 0 saturated carbocycles. The third-order valence-electron chi connectivity index (χ3n) is 4.35. The number of nitrogens with one attached hydrogen (secondary N) is 1. The average Bonchev–Trinajstić information content (AvgIpc) is 2.56. The van der Waals surface area contributed by atoms with E-state index in [4.69, 9.17) is 9.05 Å². The lowest BCUT2D eigenvalue weighted by Crippen LogP contribution is -2.46. The molecule has 0 fully saturated rings. The van der Waals surface area contributed by atoms with E-state index >= 15 is 0 Å². The molecule has 0 radical (unpaired) electrons. The van der Waals surface area contributed by atoms with Crippen LogP contribution in [-0.4, -0.2) is 25.0 Å². The maximum atomic E-state index is 13.9. The van der Waals surface area contributed by atoms with Gasteiger partial charge in [-0.05, 0) is 38.6 Å². The van der Waals surface area contributed by atoms with Crippen molar-refractivity contribution >= 4 is 7.60 Å². The summed E-state index contributed by atoms with van der Waals surface area (Å²) in [5, 5.41) is 3.08. The monoisotopic (exact) mass is 363 g/mol. The summed E-state index contributed by atoms with van der Waals surface area (Å²) in [5.74, 6) is 0. The van der Waals surface area contributed by atoms with Crippen LogP contribution in [0.25, 0.3) is 0 Å². The van der Waals surface area contributed by atoms with Crippen LogP contribution in [0.3, 0.4) is 0 Å². The Labute approximate surface area is 151 Å². The van der Waals surface area contributed by atoms with Gasteiger partial charge in [-0.2, -0.15) is 0 Å². The molecule has 5 heteroatoms. The van der Waals surface area contributed by atoms with Gasteiger partial charge in [0.2, 0.25) is 0 Å². The van der Waals surface area contributed by atoms with Crippen LogP contribution in [0.2, 0.25) is 0 Å². The van der Waals surface area contributed by atoms with Gasteiger partial charge in [-0.1, -0.05) is 66.7 Å². The third-order valence-corrected chi connectivity index (χ3v) is 7.05. The smallest absolute Gasteiger partial charge is 0.307 e. The molecule has 0 aromatic rings. The van der Waals surface area contributed by atoms with E-state index in [1.807, 2.05) is 0 Å². The molecule has 0 aliphatic heterocycles. The molecule has 4 nitrogen and oxygen atoms in total. The zero-order valence-electron chi connectivity index (χ0n) is 16.9. The maximum absolute atomic E-state index is 13.9. The Balaban J connectivity index is 5.40. The molecule has 146 valence electrons. The molecule has 0 heterocycles. The summed E-state index contributed by atoms with van der Waals surface area (Å²) in [6.07, 6.45) is 9.72. The summed E-state index contributed by atoms with van der Waals surface area (Å²) in [4.78, 5) is 0. The standard InChI is InChI=1S/C19H42NO3P/c1-6-11-16-20-19(14-9-4,15-10-5)24(21,22-17-12-7-2)23-18-13-8-3/h20H,6-18H2,1-5H3. The fourth-order valence-electron chi connectivity index (χ4n) is 2.94. The van der Waals surface area contributed by atoms with Crippen LogP contribution in [0.5, 0.6) is 0 Å². The molecular weight excluding hydrogens is 321 g/mol. The SMILES string of the molecule is CCCCNC(CCC)(CCC)P(=O)(OCCCC)OCCCC. The van der Waals surface area contributed by atoms with Crippen molar-refractivity contribution in [1.29, 1.82) is 0 Å². The van der Waals surface area contributed by atoms with E-state index in [2.05, 4.69) is 39.9 Å². The lowest BCUT2D eigenvalue weighted by Gasteiger charge is -2.40. The summed E-state index contributed by atoms with van der Waals surface area (Å²) >= 11 is 0. The summed E-state index contributed by atoms with van der Waals surface area (Å²) in [5.41, 5.74) is 0. The first-order valence-electron chi connectivity index (χ1n) is 10.2. The Morgan fingerprint density at radius 1 is 0.750 bits per heavy atom. The Kier molecular flexibility index (Phi) is 14.4. The fraction of sp³-hybridized carbons (Fsp3) is 1.00. The van der Waals surface area contributed by atoms with E-state index in [0.29, 0.717) is 13.2 Å². The molecule has 0 aromatic carbocycles. The number of hydrogen-bond acceptors (Lipinski definition) is 4. The second-order valence-electron chi connectivity index (χ2n) is 6.68. The van der Waals surface area contributed by atoms with Gasteiger partial charge in [-0.3, -0.25) is 4.57 Å². The molecule has 0 aromatic heterocycles. The average molecular weight is 364 g/mol. The van der Waals surface area contributed by atoms with Crippen LogP contribution in [0.15, 0.2) is 0 Å². The highest BCUT2D eigenvalue weighted by atomic mass is 31.2. The summed E-state index contributed by atoms with van der Waals surface area (Å²) in [6, 6.07) is 0. The maximum Gasteiger partial charge on any atom is 0.350 e.